The first-order valence-corrected chi connectivity index (χ1v) is 12.4. The molecule has 1 aliphatic rings. The van der Waals surface area contributed by atoms with Crippen molar-refractivity contribution in [1.82, 2.24) is 0 Å². The number of unbranched alkanes of at least 4 members (excludes halogenated alkanes) is 10. The topological polar surface area (TPSA) is 40.5 Å². The van der Waals surface area contributed by atoms with Gasteiger partial charge in [-0.15, -0.1) is 0 Å². The highest BCUT2D eigenvalue weighted by Crippen LogP contribution is 2.29. The number of aryl methyl sites for hydroxylation is 1. The Kier molecular flexibility index (Phi) is 12.8. The van der Waals surface area contributed by atoms with Crippen LogP contribution >= 0.6 is 0 Å². The summed E-state index contributed by atoms with van der Waals surface area (Å²) in [5.41, 5.74) is 0.787. The van der Waals surface area contributed by atoms with Crippen LogP contribution in [0.3, 0.4) is 0 Å². The molecule has 0 heterocycles. The lowest BCUT2D eigenvalue weighted by atomic mass is 9.83. The van der Waals surface area contributed by atoms with E-state index in [9.17, 15) is 10.2 Å². The Balaban J connectivity index is 1.31. The van der Waals surface area contributed by atoms with E-state index in [1.807, 2.05) is 6.08 Å². The molecule has 0 radical (unpaired) electrons. The first-order valence-electron chi connectivity index (χ1n) is 12.4. The molecule has 2 rings (SSSR count). The van der Waals surface area contributed by atoms with Gasteiger partial charge >= 0.3 is 0 Å². The van der Waals surface area contributed by atoms with E-state index in [-0.39, 0.29) is 0 Å². The molecule has 0 bridgehead atoms. The summed E-state index contributed by atoms with van der Waals surface area (Å²) in [5, 5.41) is 20.1. The van der Waals surface area contributed by atoms with E-state index in [0.717, 1.165) is 12.8 Å². The molecule has 1 aromatic rings. The molecule has 1 aromatic carbocycles. The third-order valence-corrected chi connectivity index (χ3v) is 6.30. The smallest absolute Gasteiger partial charge is 0.0748 e. The Bertz CT molecular complexity index is 592. The predicted molar refractivity (Wildman–Crippen MR) is 129 cm³/mol. The molecule has 2 heteroatoms. The number of hydrogen-bond donors (Lipinski definition) is 2. The molecule has 2 N–H and O–H groups in total. The highest BCUT2D eigenvalue weighted by Gasteiger charge is 2.29. The summed E-state index contributed by atoms with van der Waals surface area (Å²) in [6, 6.07) is 10.8. The maximum Gasteiger partial charge on any atom is 0.0748 e. The van der Waals surface area contributed by atoms with Crippen molar-refractivity contribution in [1.29, 1.82) is 0 Å². The molecule has 0 saturated heterocycles. The van der Waals surface area contributed by atoms with Crippen molar-refractivity contribution in [2.75, 3.05) is 0 Å². The number of aliphatic hydroxyl groups is 2. The van der Waals surface area contributed by atoms with Crippen molar-refractivity contribution in [2.45, 2.75) is 114 Å². The fourth-order valence-electron chi connectivity index (χ4n) is 4.45. The van der Waals surface area contributed by atoms with Crippen LogP contribution in [0.25, 0.3) is 0 Å². The highest BCUT2D eigenvalue weighted by molar-refractivity contribution is 5.14. The number of rotatable bonds is 16. The van der Waals surface area contributed by atoms with Gasteiger partial charge in [0, 0.05) is 6.42 Å². The minimum atomic E-state index is -0.662. The van der Waals surface area contributed by atoms with E-state index in [4.69, 9.17) is 0 Å². The van der Waals surface area contributed by atoms with E-state index >= 15 is 0 Å². The second-order valence-corrected chi connectivity index (χ2v) is 9.20. The van der Waals surface area contributed by atoms with E-state index < -0.39 is 11.7 Å². The molecule has 0 unspecified atom stereocenters. The van der Waals surface area contributed by atoms with Gasteiger partial charge in [-0.3, -0.25) is 0 Å². The lowest BCUT2D eigenvalue weighted by molar-refractivity contribution is -0.0125. The van der Waals surface area contributed by atoms with Crippen molar-refractivity contribution >= 4 is 0 Å². The molecule has 2 nitrogen and oxygen atoms in total. The number of aliphatic hydroxyl groups excluding tert-OH is 1. The Morgan fingerprint density at radius 1 is 0.800 bits per heavy atom. The van der Waals surface area contributed by atoms with Crippen LogP contribution in [0, 0.1) is 0 Å². The molecular formula is C28H44O2. The fourth-order valence-corrected chi connectivity index (χ4v) is 4.45. The van der Waals surface area contributed by atoms with Gasteiger partial charge in [0.15, 0.2) is 0 Å². The van der Waals surface area contributed by atoms with Crippen LogP contribution in [-0.2, 0) is 6.42 Å². The summed E-state index contributed by atoms with van der Waals surface area (Å²) in [6.07, 6.45) is 26.6. The average Bonchev–Trinajstić information content (AvgIpc) is 2.74. The summed E-state index contributed by atoms with van der Waals surface area (Å²) in [5.74, 6) is 0. The van der Waals surface area contributed by atoms with Crippen LogP contribution in [0.4, 0.5) is 0 Å². The van der Waals surface area contributed by atoms with E-state index in [1.54, 1.807) is 6.08 Å². The van der Waals surface area contributed by atoms with E-state index in [1.165, 1.54) is 82.6 Å². The van der Waals surface area contributed by atoms with Gasteiger partial charge in [-0.25, -0.2) is 0 Å². The zero-order valence-corrected chi connectivity index (χ0v) is 19.0. The summed E-state index contributed by atoms with van der Waals surface area (Å²) < 4.78 is 0. The molecule has 0 amide bonds. The zero-order valence-electron chi connectivity index (χ0n) is 19.0. The highest BCUT2D eigenvalue weighted by atomic mass is 16.3. The maximum atomic E-state index is 10.5. The molecule has 1 aliphatic carbocycles. The van der Waals surface area contributed by atoms with Gasteiger partial charge in [-0.1, -0.05) is 106 Å². The van der Waals surface area contributed by atoms with Gasteiger partial charge in [0.05, 0.1) is 11.7 Å². The van der Waals surface area contributed by atoms with Crippen molar-refractivity contribution in [3.8, 4) is 0 Å². The fraction of sp³-hybridized carbons (Fsp3) is 0.643. The minimum Gasteiger partial charge on any atom is -0.389 e. The van der Waals surface area contributed by atoms with Crippen LogP contribution < -0.4 is 0 Å². The number of allylic oxidation sites excluding steroid dienone is 2. The molecule has 0 fully saturated rings. The van der Waals surface area contributed by atoms with Crippen molar-refractivity contribution < 1.29 is 10.2 Å². The summed E-state index contributed by atoms with van der Waals surface area (Å²) in [4.78, 5) is 0. The predicted octanol–water partition coefficient (Wildman–Crippen LogP) is 7.30. The van der Waals surface area contributed by atoms with Gasteiger partial charge in [0.25, 0.3) is 0 Å². The quantitative estimate of drug-likeness (QED) is 0.221. The Hall–Kier alpha value is -1.38. The molecule has 0 aliphatic heterocycles. The van der Waals surface area contributed by atoms with Gasteiger partial charge in [0.1, 0.15) is 0 Å². The summed E-state index contributed by atoms with van der Waals surface area (Å²) in [6.45, 7) is 0. The van der Waals surface area contributed by atoms with Gasteiger partial charge in [0.2, 0.25) is 0 Å². The Labute approximate surface area is 185 Å². The minimum absolute atomic E-state index is 0.459. The van der Waals surface area contributed by atoms with Crippen LogP contribution in [0.15, 0.2) is 54.6 Å². The first-order chi connectivity index (χ1) is 14.7. The normalized spacial score (nSPS) is 21.5. The summed E-state index contributed by atoms with van der Waals surface area (Å²) in [7, 11) is 0. The van der Waals surface area contributed by atoms with Crippen LogP contribution in [0.5, 0.6) is 0 Å². The van der Waals surface area contributed by atoms with Crippen LogP contribution in [0.1, 0.15) is 102 Å². The van der Waals surface area contributed by atoms with Crippen LogP contribution in [-0.4, -0.2) is 21.9 Å². The van der Waals surface area contributed by atoms with Gasteiger partial charge < -0.3 is 10.2 Å². The molecule has 0 aromatic heterocycles. The lowest BCUT2D eigenvalue weighted by Crippen LogP contribution is -2.34. The molecular weight excluding hydrogens is 368 g/mol. The van der Waals surface area contributed by atoms with Gasteiger partial charge in [-0.05, 0) is 50.5 Å². The third-order valence-electron chi connectivity index (χ3n) is 6.30. The van der Waals surface area contributed by atoms with Crippen molar-refractivity contribution in [2.24, 2.45) is 0 Å². The van der Waals surface area contributed by atoms with Gasteiger partial charge in [-0.2, -0.15) is 0 Å². The molecule has 0 spiro atoms. The third kappa shape index (κ3) is 11.7. The van der Waals surface area contributed by atoms with Crippen molar-refractivity contribution in [3.63, 3.8) is 0 Å². The number of benzene rings is 1. The van der Waals surface area contributed by atoms with E-state index in [0.29, 0.717) is 12.8 Å². The summed E-state index contributed by atoms with van der Waals surface area (Å²) >= 11 is 0. The molecule has 0 saturated carbocycles. The largest absolute Gasteiger partial charge is 0.389 e. The zero-order chi connectivity index (χ0) is 21.3. The monoisotopic (exact) mass is 412 g/mol. The average molecular weight is 413 g/mol. The Morgan fingerprint density at radius 2 is 1.40 bits per heavy atom. The van der Waals surface area contributed by atoms with Crippen molar-refractivity contribution in [3.05, 3.63) is 60.2 Å². The molecule has 30 heavy (non-hydrogen) atoms. The lowest BCUT2D eigenvalue weighted by Gasteiger charge is -2.31. The standard InChI is InChI=1S/C28H44O2/c29-27-22-18-24-28(30,25-27)23-17-12-10-8-6-4-2-1-3-5-7-9-11-14-19-26-20-15-13-16-21-26/h7,9,13,15-16,18,20-22,27,29-30H,1-6,8,10-12,14,17,19,23-25H2/t27-,28+/m1/s1. The number of hydrogen-bond acceptors (Lipinski definition) is 2. The Morgan fingerprint density at radius 3 is 2.07 bits per heavy atom. The van der Waals surface area contributed by atoms with E-state index in [2.05, 4.69) is 42.5 Å². The maximum absolute atomic E-state index is 10.5. The first kappa shape index (κ1) is 24.9. The molecule has 2 atom stereocenters. The SMILES string of the molecule is O[C@@H]1C=CC[C@@](O)(CCCCCCCCCCCC=CCCCc2ccccc2)C1. The molecule has 168 valence electrons. The van der Waals surface area contributed by atoms with Crippen LogP contribution in [0.2, 0.25) is 0 Å². The second-order valence-electron chi connectivity index (χ2n) is 9.20. The second kappa shape index (κ2) is 15.4.